The van der Waals surface area contributed by atoms with Crippen molar-refractivity contribution in [3.63, 3.8) is 0 Å². The lowest BCUT2D eigenvalue weighted by Crippen LogP contribution is -2.37. The fraction of sp³-hybridized carbons (Fsp3) is 0.760. The molecule has 0 aliphatic heterocycles. The molecule has 0 aliphatic rings. The van der Waals surface area contributed by atoms with Gasteiger partial charge in [0.25, 0.3) is 0 Å². The number of esters is 2. The van der Waals surface area contributed by atoms with Gasteiger partial charge in [-0.3, -0.25) is 18.6 Å². The van der Waals surface area contributed by atoms with Gasteiger partial charge in [-0.2, -0.15) is 0 Å². The Morgan fingerprint density at radius 1 is 0.590 bits per heavy atom. The first-order chi connectivity index (χ1) is 29.4. The van der Waals surface area contributed by atoms with E-state index in [1.165, 1.54) is 103 Å². The quantitative estimate of drug-likeness (QED) is 0.0154. The maximum absolute atomic E-state index is 12.7. The highest BCUT2D eigenvalue weighted by atomic mass is 31.2. The number of phosphoric ester groups is 1. The summed E-state index contributed by atoms with van der Waals surface area (Å²) in [4.78, 5) is 35.4. The van der Waals surface area contributed by atoms with E-state index >= 15 is 0 Å². The SMILES string of the molecule is CCCCCCCCCCCCCCCCCCCCCC(=O)OC[C@H](COP(=O)(O)OCC[N+](C)(C)C)OC(=O)CCC/C=C\C/C=C\C/C=C\C/C=C\C=C\[C@H](O)CC. The zero-order chi connectivity index (χ0) is 45.1. The van der Waals surface area contributed by atoms with Crippen LogP contribution in [-0.2, 0) is 32.7 Å². The maximum Gasteiger partial charge on any atom is 0.472 e. The number of unbranched alkanes of at least 4 members (excludes halogenated alkanes) is 19. The van der Waals surface area contributed by atoms with Gasteiger partial charge in [0.15, 0.2) is 6.10 Å². The lowest BCUT2D eigenvalue weighted by atomic mass is 10.0. The standard InChI is InChI=1S/C50H90NO9P/c1-6-8-9-10-11-12-13-14-15-16-17-18-19-23-26-29-32-35-38-41-49(53)57-45-48(46-59-61(55,56)58-44-43-51(3,4)5)60-50(54)42-39-36-33-30-27-24-21-20-22-25-28-31-34-37-40-47(52)7-2/h21-22,24-25,30-31,33-34,37,40,47-48,52H,6-20,23,26-29,32,35-36,38-39,41-46H2,1-5H3/p+1/b24-21-,25-22-,33-30-,34-31-,40-37+/t47-,48-/m1/s1. The normalized spacial score (nSPS) is 14.5. The number of carbonyl (C=O) groups excluding carboxylic acids is 2. The molecule has 11 heteroatoms. The molecule has 10 nitrogen and oxygen atoms in total. The van der Waals surface area contributed by atoms with Crippen LogP contribution in [0.5, 0.6) is 0 Å². The summed E-state index contributed by atoms with van der Waals surface area (Å²) in [6.07, 6.45) is 48.0. The first-order valence-corrected chi connectivity index (χ1v) is 25.6. The summed E-state index contributed by atoms with van der Waals surface area (Å²) in [5, 5.41) is 9.49. The van der Waals surface area contributed by atoms with E-state index in [0.29, 0.717) is 30.3 Å². The zero-order valence-electron chi connectivity index (χ0n) is 39.5. The fourth-order valence-corrected chi connectivity index (χ4v) is 7.04. The van der Waals surface area contributed by atoms with Crippen LogP contribution < -0.4 is 0 Å². The highest BCUT2D eigenvalue weighted by Crippen LogP contribution is 2.43. The molecule has 354 valence electrons. The van der Waals surface area contributed by atoms with Gasteiger partial charge in [0.1, 0.15) is 19.8 Å². The number of rotatable bonds is 43. The minimum Gasteiger partial charge on any atom is -0.462 e. The first kappa shape index (κ1) is 58.7. The van der Waals surface area contributed by atoms with E-state index in [2.05, 4.69) is 37.3 Å². The average Bonchev–Trinajstić information content (AvgIpc) is 3.21. The van der Waals surface area contributed by atoms with Crippen molar-refractivity contribution in [1.82, 2.24) is 0 Å². The molecule has 0 aromatic heterocycles. The third-order valence-corrected chi connectivity index (χ3v) is 11.2. The topological polar surface area (TPSA) is 129 Å². The highest BCUT2D eigenvalue weighted by molar-refractivity contribution is 7.47. The Kier molecular flexibility index (Phi) is 40.1. The van der Waals surface area contributed by atoms with Crippen LogP contribution in [0.3, 0.4) is 0 Å². The third-order valence-electron chi connectivity index (χ3n) is 10.2. The lowest BCUT2D eigenvalue weighted by molar-refractivity contribution is -0.870. The van der Waals surface area contributed by atoms with Crippen LogP contribution in [0.2, 0.25) is 0 Å². The Morgan fingerprint density at radius 2 is 1.07 bits per heavy atom. The number of ether oxygens (including phenoxy) is 2. The van der Waals surface area contributed by atoms with Crippen molar-refractivity contribution in [2.45, 2.75) is 199 Å². The number of nitrogens with zero attached hydrogens (tertiary/aromatic N) is 1. The van der Waals surface area contributed by atoms with Gasteiger partial charge in [0.2, 0.25) is 0 Å². The Hall–Kier alpha value is -2.33. The first-order valence-electron chi connectivity index (χ1n) is 24.1. The fourth-order valence-electron chi connectivity index (χ4n) is 6.30. The largest absolute Gasteiger partial charge is 0.472 e. The molecule has 0 spiro atoms. The Morgan fingerprint density at radius 3 is 1.57 bits per heavy atom. The summed E-state index contributed by atoms with van der Waals surface area (Å²) < 4.78 is 34.3. The van der Waals surface area contributed by atoms with E-state index in [1.807, 2.05) is 52.4 Å². The molecule has 0 heterocycles. The number of phosphoric acid groups is 1. The summed E-state index contributed by atoms with van der Waals surface area (Å²) in [6, 6.07) is 0. The van der Waals surface area contributed by atoms with Crippen LogP contribution in [0.15, 0.2) is 60.8 Å². The third kappa shape index (κ3) is 45.5. The van der Waals surface area contributed by atoms with Gasteiger partial charge in [0.05, 0.1) is 33.9 Å². The smallest absolute Gasteiger partial charge is 0.462 e. The Balaban J connectivity index is 4.38. The number of carbonyl (C=O) groups is 2. The van der Waals surface area contributed by atoms with Crippen molar-refractivity contribution >= 4 is 19.8 Å². The monoisotopic (exact) mass is 881 g/mol. The van der Waals surface area contributed by atoms with E-state index in [0.717, 1.165) is 38.5 Å². The minimum atomic E-state index is -4.40. The second-order valence-electron chi connectivity index (χ2n) is 17.3. The van der Waals surface area contributed by atoms with Gasteiger partial charge in [-0.1, -0.05) is 190 Å². The number of quaternary nitrogens is 1. The van der Waals surface area contributed by atoms with Crippen molar-refractivity contribution in [3.05, 3.63) is 60.8 Å². The number of hydrogen-bond donors (Lipinski definition) is 2. The molecule has 0 aromatic carbocycles. The Labute approximate surface area is 373 Å². The molecule has 0 aromatic rings. The molecule has 0 bridgehead atoms. The summed E-state index contributed by atoms with van der Waals surface area (Å²) in [5.41, 5.74) is 0. The van der Waals surface area contributed by atoms with E-state index < -0.39 is 26.5 Å². The maximum atomic E-state index is 12.7. The zero-order valence-corrected chi connectivity index (χ0v) is 40.4. The second kappa shape index (κ2) is 41.7. The summed E-state index contributed by atoms with van der Waals surface area (Å²) >= 11 is 0. The molecule has 0 rings (SSSR count). The van der Waals surface area contributed by atoms with Crippen LogP contribution >= 0.6 is 7.82 Å². The van der Waals surface area contributed by atoms with Gasteiger partial charge in [0, 0.05) is 12.8 Å². The average molecular weight is 881 g/mol. The van der Waals surface area contributed by atoms with Crippen molar-refractivity contribution in [3.8, 4) is 0 Å². The molecule has 0 saturated heterocycles. The molecule has 0 saturated carbocycles. The minimum absolute atomic E-state index is 0.0133. The number of hydrogen-bond acceptors (Lipinski definition) is 8. The molecule has 3 atom stereocenters. The molecule has 0 radical (unpaired) electrons. The number of aliphatic hydroxyl groups excluding tert-OH is 1. The molecule has 61 heavy (non-hydrogen) atoms. The molecular formula is C50H91NO9P+. The summed E-state index contributed by atoms with van der Waals surface area (Å²) in [7, 11) is 1.42. The van der Waals surface area contributed by atoms with Gasteiger partial charge in [-0.25, -0.2) is 4.57 Å². The van der Waals surface area contributed by atoms with Gasteiger partial charge >= 0.3 is 19.8 Å². The number of allylic oxidation sites excluding steroid dienone is 9. The van der Waals surface area contributed by atoms with Crippen LogP contribution in [0.4, 0.5) is 0 Å². The molecule has 0 amide bonds. The highest BCUT2D eigenvalue weighted by Gasteiger charge is 2.27. The van der Waals surface area contributed by atoms with E-state index in [4.69, 9.17) is 18.5 Å². The van der Waals surface area contributed by atoms with E-state index in [1.54, 1.807) is 6.08 Å². The van der Waals surface area contributed by atoms with E-state index in [-0.39, 0.29) is 38.1 Å². The molecule has 1 unspecified atom stereocenters. The number of likely N-dealkylation sites (N-methyl/N-ethyl adjacent to an activating group) is 1. The number of aliphatic hydroxyl groups is 1. The van der Waals surface area contributed by atoms with Crippen LogP contribution in [0.25, 0.3) is 0 Å². The lowest BCUT2D eigenvalue weighted by Gasteiger charge is -2.24. The van der Waals surface area contributed by atoms with Gasteiger partial charge in [-0.15, -0.1) is 0 Å². The summed E-state index contributed by atoms with van der Waals surface area (Å²) in [6.45, 7) is 4.03. The van der Waals surface area contributed by atoms with Crippen LogP contribution in [0, 0.1) is 0 Å². The molecule has 2 N–H and O–H groups in total. The Bertz CT molecular complexity index is 1240. The molecule has 0 fully saturated rings. The van der Waals surface area contributed by atoms with Crippen LogP contribution in [-0.4, -0.2) is 86.1 Å². The van der Waals surface area contributed by atoms with Gasteiger partial charge in [-0.05, 0) is 44.9 Å². The van der Waals surface area contributed by atoms with Crippen molar-refractivity contribution in [1.29, 1.82) is 0 Å². The molecular weight excluding hydrogens is 790 g/mol. The summed E-state index contributed by atoms with van der Waals surface area (Å²) in [5.74, 6) is -0.883. The van der Waals surface area contributed by atoms with Gasteiger partial charge < -0.3 is 24.0 Å². The van der Waals surface area contributed by atoms with Crippen LogP contribution in [0.1, 0.15) is 187 Å². The van der Waals surface area contributed by atoms with E-state index in [9.17, 15) is 24.2 Å². The predicted molar refractivity (Wildman–Crippen MR) is 253 cm³/mol. The van der Waals surface area contributed by atoms with Crippen molar-refractivity contribution in [2.24, 2.45) is 0 Å². The predicted octanol–water partition coefficient (Wildman–Crippen LogP) is 13.0. The molecule has 0 aliphatic carbocycles. The second-order valence-corrected chi connectivity index (χ2v) is 18.8. The van der Waals surface area contributed by atoms with Crippen molar-refractivity contribution < 1.29 is 47.2 Å². The van der Waals surface area contributed by atoms with Crippen molar-refractivity contribution in [2.75, 3.05) is 47.5 Å².